The SMILES string of the molecule is CCOC(=O)c1cc(Cl)c(CC)cc1C(=O)OC(C)(C)C. The summed E-state index contributed by atoms with van der Waals surface area (Å²) < 4.78 is 10.3. The van der Waals surface area contributed by atoms with Gasteiger partial charge in [0.2, 0.25) is 0 Å². The Hall–Kier alpha value is -1.55. The van der Waals surface area contributed by atoms with Crippen molar-refractivity contribution in [2.24, 2.45) is 0 Å². The van der Waals surface area contributed by atoms with Gasteiger partial charge < -0.3 is 9.47 Å². The van der Waals surface area contributed by atoms with E-state index in [9.17, 15) is 9.59 Å². The average molecular weight is 313 g/mol. The summed E-state index contributed by atoms with van der Waals surface area (Å²) >= 11 is 6.12. The van der Waals surface area contributed by atoms with E-state index in [2.05, 4.69) is 0 Å². The molecule has 4 nitrogen and oxygen atoms in total. The Labute approximate surface area is 130 Å². The van der Waals surface area contributed by atoms with Gasteiger partial charge >= 0.3 is 11.9 Å². The molecule has 0 heterocycles. The van der Waals surface area contributed by atoms with Crippen LogP contribution in [-0.4, -0.2) is 24.1 Å². The molecule has 0 aromatic heterocycles. The van der Waals surface area contributed by atoms with E-state index in [-0.39, 0.29) is 17.7 Å². The summed E-state index contributed by atoms with van der Waals surface area (Å²) in [5.74, 6) is -1.14. The molecule has 0 aliphatic heterocycles. The summed E-state index contributed by atoms with van der Waals surface area (Å²) in [5, 5.41) is 0.438. The Bertz CT molecular complexity index is 544. The van der Waals surface area contributed by atoms with Gasteiger partial charge in [0.15, 0.2) is 0 Å². The summed E-state index contributed by atoms with van der Waals surface area (Å²) in [6.45, 7) is 9.15. The molecule has 5 heteroatoms. The van der Waals surface area contributed by atoms with Crippen LogP contribution in [0.1, 0.15) is 60.9 Å². The molecule has 0 unspecified atom stereocenters. The van der Waals surface area contributed by atoms with Crippen LogP contribution in [0.3, 0.4) is 0 Å². The Morgan fingerprint density at radius 2 is 1.67 bits per heavy atom. The molecule has 1 aromatic carbocycles. The Kier molecular flexibility index (Phi) is 5.78. The summed E-state index contributed by atoms with van der Waals surface area (Å²) in [7, 11) is 0. The fourth-order valence-electron chi connectivity index (χ4n) is 1.77. The van der Waals surface area contributed by atoms with Crippen LogP contribution in [0.25, 0.3) is 0 Å². The molecular weight excluding hydrogens is 292 g/mol. The van der Waals surface area contributed by atoms with E-state index in [0.29, 0.717) is 11.4 Å². The zero-order valence-corrected chi connectivity index (χ0v) is 13.8. The number of carbonyl (C=O) groups excluding carboxylic acids is 2. The number of ether oxygens (including phenoxy) is 2. The van der Waals surface area contributed by atoms with E-state index in [1.807, 2.05) is 6.92 Å². The van der Waals surface area contributed by atoms with Crippen molar-refractivity contribution < 1.29 is 19.1 Å². The van der Waals surface area contributed by atoms with Gasteiger partial charge in [0.1, 0.15) is 5.60 Å². The zero-order valence-electron chi connectivity index (χ0n) is 13.1. The maximum Gasteiger partial charge on any atom is 0.339 e. The molecule has 0 fully saturated rings. The maximum absolute atomic E-state index is 12.3. The lowest BCUT2D eigenvalue weighted by Crippen LogP contribution is -2.25. The third-order valence-corrected chi connectivity index (χ3v) is 3.03. The number of halogens is 1. The first-order chi connectivity index (χ1) is 9.69. The summed E-state index contributed by atoms with van der Waals surface area (Å²) in [6.07, 6.45) is 0.651. The van der Waals surface area contributed by atoms with Crippen LogP contribution < -0.4 is 0 Å². The molecule has 116 valence electrons. The molecule has 21 heavy (non-hydrogen) atoms. The van der Waals surface area contributed by atoms with E-state index in [1.165, 1.54) is 6.07 Å². The smallest absolute Gasteiger partial charge is 0.339 e. The van der Waals surface area contributed by atoms with Crippen molar-refractivity contribution in [1.29, 1.82) is 0 Å². The second-order valence-corrected chi connectivity index (χ2v) is 5.97. The fourth-order valence-corrected chi connectivity index (χ4v) is 2.07. The van der Waals surface area contributed by atoms with Gasteiger partial charge in [-0.3, -0.25) is 0 Å². The fraction of sp³-hybridized carbons (Fsp3) is 0.500. The number of rotatable bonds is 4. The first-order valence-corrected chi connectivity index (χ1v) is 7.30. The lowest BCUT2D eigenvalue weighted by molar-refractivity contribution is 0.00642. The van der Waals surface area contributed by atoms with Crippen LogP contribution in [0.5, 0.6) is 0 Å². The van der Waals surface area contributed by atoms with Crippen molar-refractivity contribution in [1.82, 2.24) is 0 Å². The largest absolute Gasteiger partial charge is 0.462 e. The van der Waals surface area contributed by atoms with Gasteiger partial charge in [-0.05, 0) is 51.8 Å². The normalized spacial score (nSPS) is 11.1. The van der Waals surface area contributed by atoms with Crippen molar-refractivity contribution in [3.63, 3.8) is 0 Å². The highest BCUT2D eigenvalue weighted by atomic mass is 35.5. The van der Waals surface area contributed by atoms with E-state index < -0.39 is 17.5 Å². The number of benzene rings is 1. The molecule has 0 radical (unpaired) electrons. The average Bonchev–Trinajstić information content (AvgIpc) is 2.36. The standard InChI is InChI=1S/C16H21ClO4/c1-6-10-8-11(15(19)21-16(3,4)5)12(9-13(10)17)14(18)20-7-2/h8-9H,6-7H2,1-5H3. The van der Waals surface area contributed by atoms with Crippen LogP contribution in [0.4, 0.5) is 0 Å². The third kappa shape index (κ3) is 4.74. The second-order valence-electron chi connectivity index (χ2n) is 5.57. The summed E-state index contributed by atoms with van der Waals surface area (Å²) in [6, 6.07) is 3.07. The zero-order chi connectivity index (χ0) is 16.2. The van der Waals surface area contributed by atoms with Gasteiger partial charge in [-0.25, -0.2) is 9.59 Å². The van der Waals surface area contributed by atoms with Gasteiger partial charge in [-0.1, -0.05) is 18.5 Å². The molecule has 0 saturated heterocycles. The quantitative estimate of drug-likeness (QED) is 0.787. The van der Waals surface area contributed by atoms with Gasteiger partial charge in [0, 0.05) is 5.02 Å². The van der Waals surface area contributed by atoms with E-state index in [0.717, 1.165) is 5.56 Å². The van der Waals surface area contributed by atoms with Crippen LogP contribution in [-0.2, 0) is 15.9 Å². The monoisotopic (exact) mass is 312 g/mol. The van der Waals surface area contributed by atoms with Crippen molar-refractivity contribution in [2.75, 3.05) is 6.61 Å². The molecule has 1 aromatic rings. The molecule has 0 amide bonds. The molecule has 0 saturated carbocycles. The molecule has 0 aliphatic rings. The van der Waals surface area contributed by atoms with Gasteiger partial charge in [-0.2, -0.15) is 0 Å². The first kappa shape index (κ1) is 17.5. The highest BCUT2D eigenvalue weighted by Gasteiger charge is 2.25. The number of esters is 2. The number of aryl methyl sites for hydroxylation is 1. The molecule has 0 atom stereocenters. The number of carbonyl (C=O) groups is 2. The molecule has 0 aliphatic carbocycles. The first-order valence-electron chi connectivity index (χ1n) is 6.92. The molecule has 0 N–H and O–H groups in total. The van der Waals surface area contributed by atoms with Gasteiger partial charge in [-0.15, -0.1) is 0 Å². The Morgan fingerprint density at radius 1 is 1.10 bits per heavy atom. The predicted molar refractivity (Wildman–Crippen MR) is 82.0 cm³/mol. The minimum atomic E-state index is -0.644. The molecule has 0 spiro atoms. The second kappa shape index (κ2) is 6.94. The van der Waals surface area contributed by atoms with Gasteiger partial charge in [0.25, 0.3) is 0 Å². The van der Waals surface area contributed by atoms with E-state index >= 15 is 0 Å². The lowest BCUT2D eigenvalue weighted by Gasteiger charge is -2.21. The number of hydrogen-bond acceptors (Lipinski definition) is 4. The van der Waals surface area contributed by atoms with Crippen molar-refractivity contribution >= 4 is 23.5 Å². The van der Waals surface area contributed by atoms with E-state index in [4.69, 9.17) is 21.1 Å². The lowest BCUT2D eigenvalue weighted by atomic mass is 10.0. The topological polar surface area (TPSA) is 52.6 Å². The molecular formula is C16H21ClO4. The molecule has 0 bridgehead atoms. The van der Waals surface area contributed by atoms with Crippen molar-refractivity contribution in [3.05, 3.63) is 33.8 Å². The number of hydrogen-bond donors (Lipinski definition) is 0. The van der Waals surface area contributed by atoms with E-state index in [1.54, 1.807) is 33.8 Å². The van der Waals surface area contributed by atoms with Crippen molar-refractivity contribution in [2.45, 2.75) is 46.6 Å². The van der Waals surface area contributed by atoms with Crippen molar-refractivity contribution in [3.8, 4) is 0 Å². The van der Waals surface area contributed by atoms with Crippen LogP contribution in [0, 0.1) is 0 Å². The minimum absolute atomic E-state index is 0.133. The Balaban J connectivity index is 3.32. The summed E-state index contributed by atoms with van der Waals surface area (Å²) in [5.41, 5.74) is 0.457. The van der Waals surface area contributed by atoms with Crippen LogP contribution in [0.2, 0.25) is 5.02 Å². The highest BCUT2D eigenvalue weighted by molar-refractivity contribution is 6.32. The molecule has 1 rings (SSSR count). The predicted octanol–water partition coefficient (Wildman–Crippen LogP) is 4.03. The van der Waals surface area contributed by atoms with Crippen LogP contribution in [0.15, 0.2) is 12.1 Å². The maximum atomic E-state index is 12.3. The summed E-state index contributed by atoms with van der Waals surface area (Å²) in [4.78, 5) is 24.3. The van der Waals surface area contributed by atoms with Gasteiger partial charge in [0.05, 0.1) is 17.7 Å². The minimum Gasteiger partial charge on any atom is -0.462 e. The highest BCUT2D eigenvalue weighted by Crippen LogP contribution is 2.25. The van der Waals surface area contributed by atoms with Crippen LogP contribution >= 0.6 is 11.6 Å². The Morgan fingerprint density at radius 3 is 2.14 bits per heavy atom. The third-order valence-electron chi connectivity index (χ3n) is 2.68.